The van der Waals surface area contributed by atoms with Gasteiger partial charge in [-0.15, -0.1) is 0 Å². The Labute approximate surface area is 192 Å². The second-order valence-electron chi connectivity index (χ2n) is 7.32. The molecule has 0 radical (unpaired) electrons. The van der Waals surface area contributed by atoms with Crippen LogP contribution in [0.2, 0.25) is 0 Å². The van der Waals surface area contributed by atoms with Gasteiger partial charge in [-0.05, 0) is 48.9 Å². The van der Waals surface area contributed by atoms with Gasteiger partial charge in [-0.1, -0.05) is 0 Å². The van der Waals surface area contributed by atoms with Crippen LogP contribution in [0, 0.1) is 11.3 Å². The molecule has 0 aliphatic heterocycles. The maximum absolute atomic E-state index is 12.1. The summed E-state index contributed by atoms with van der Waals surface area (Å²) in [5.41, 5.74) is 3.26. The predicted octanol–water partition coefficient (Wildman–Crippen LogP) is 3.13. The molecule has 0 fully saturated rings. The number of rotatable bonds is 8. The molecular weight excluding hydrogens is 422 g/mol. The Morgan fingerprint density at radius 1 is 1.18 bits per heavy atom. The van der Waals surface area contributed by atoms with Crippen LogP contribution in [-0.2, 0) is 6.42 Å². The minimum Gasteiger partial charge on any atom is -0.497 e. The van der Waals surface area contributed by atoms with Crippen LogP contribution in [0.3, 0.4) is 0 Å². The molecule has 1 aromatic heterocycles. The summed E-state index contributed by atoms with van der Waals surface area (Å²) in [6, 6.07) is 14.1. The highest BCUT2D eigenvalue weighted by atomic mass is 16.5. The predicted molar refractivity (Wildman–Crippen MR) is 123 cm³/mol. The molecule has 0 saturated carbocycles. The number of ether oxygens (including phenoxy) is 2. The second kappa shape index (κ2) is 10.9. The van der Waals surface area contributed by atoms with Gasteiger partial charge in [-0.25, -0.2) is 14.8 Å². The maximum atomic E-state index is 12.1. The van der Waals surface area contributed by atoms with E-state index < -0.39 is 12.1 Å². The van der Waals surface area contributed by atoms with Crippen molar-refractivity contribution in [2.45, 2.75) is 19.4 Å². The number of hydrogen-bond acceptors (Lipinski definition) is 7. The van der Waals surface area contributed by atoms with Crippen LogP contribution in [0.1, 0.15) is 23.9 Å². The zero-order valence-electron chi connectivity index (χ0n) is 18.6. The van der Waals surface area contributed by atoms with Crippen molar-refractivity contribution in [2.75, 3.05) is 26.1 Å². The van der Waals surface area contributed by atoms with Gasteiger partial charge in [0, 0.05) is 36.5 Å². The molecule has 0 aliphatic carbocycles. The molecule has 3 rings (SSSR count). The number of carbonyl (C=O) groups excluding carboxylic acids is 1. The fourth-order valence-electron chi connectivity index (χ4n) is 3.15. The van der Waals surface area contributed by atoms with Gasteiger partial charge < -0.3 is 25.2 Å². The Hall–Kier alpha value is -4.16. The molecule has 2 aromatic carbocycles. The largest absolute Gasteiger partial charge is 0.497 e. The van der Waals surface area contributed by atoms with Crippen molar-refractivity contribution >= 4 is 11.7 Å². The summed E-state index contributed by atoms with van der Waals surface area (Å²) in [4.78, 5) is 21.1. The number of anilines is 1. The first-order chi connectivity index (χ1) is 15.9. The molecule has 1 atom stereocenters. The van der Waals surface area contributed by atoms with Crippen LogP contribution in [0.5, 0.6) is 11.5 Å². The molecular formula is C24H25N5O4. The summed E-state index contributed by atoms with van der Waals surface area (Å²) in [7, 11) is 3.07. The van der Waals surface area contributed by atoms with Crippen molar-refractivity contribution in [1.29, 1.82) is 5.26 Å². The van der Waals surface area contributed by atoms with Gasteiger partial charge in [0.05, 0.1) is 31.6 Å². The lowest BCUT2D eigenvalue weighted by Crippen LogP contribution is -2.34. The summed E-state index contributed by atoms with van der Waals surface area (Å²) >= 11 is 0. The normalized spacial score (nSPS) is 11.2. The molecule has 170 valence electrons. The molecule has 0 aliphatic rings. The van der Waals surface area contributed by atoms with Crippen LogP contribution in [0.15, 0.2) is 48.7 Å². The van der Waals surface area contributed by atoms with E-state index in [1.165, 1.54) is 7.11 Å². The van der Waals surface area contributed by atoms with Gasteiger partial charge in [-0.3, -0.25) is 0 Å². The zero-order chi connectivity index (χ0) is 23.8. The van der Waals surface area contributed by atoms with E-state index in [1.807, 2.05) is 18.2 Å². The van der Waals surface area contributed by atoms with Crippen LogP contribution < -0.4 is 20.1 Å². The molecule has 1 heterocycles. The van der Waals surface area contributed by atoms with E-state index >= 15 is 0 Å². The van der Waals surface area contributed by atoms with Gasteiger partial charge in [0.1, 0.15) is 23.4 Å². The smallest absolute Gasteiger partial charge is 0.319 e. The average Bonchev–Trinajstić information content (AvgIpc) is 2.82. The highest BCUT2D eigenvalue weighted by Gasteiger charge is 2.11. The number of nitrogens with one attached hydrogen (secondary N) is 2. The summed E-state index contributed by atoms with van der Waals surface area (Å²) in [5, 5.41) is 24.0. The number of amides is 2. The molecule has 0 bridgehead atoms. The number of hydrogen-bond donors (Lipinski definition) is 3. The Morgan fingerprint density at radius 2 is 2.00 bits per heavy atom. The van der Waals surface area contributed by atoms with Gasteiger partial charge in [0.15, 0.2) is 0 Å². The summed E-state index contributed by atoms with van der Waals surface area (Å²) in [6.07, 6.45) is 1.42. The topological polar surface area (TPSA) is 129 Å². The lowest BCUT2D eigenvalue weighted by atomic mass is 10.1. The van der Waals surface area contributed by atoms with E-state index in [1.54, 1.807) is 44.5 Å². The number of aliphatic hydroxyl groups excluding tert-OH is 1. The maximum Gasteiger partial charge on any atom is 0.319 e. The summed E-state index contributed by atoms with van der Waals surface area (Å²) in [5.74, 6) is 1.65. The lowest BCUT2D eigenvalue weighted by Gasteiger charge is -2.12. The van der Waals surface area contributed by atoms with Crippen LogP contribution in [-0.4, -0.2) is 48.0 Å². The lowest BCUT2D eigenvalue weighted by molar-refractivity contribution is 0.190. The third kappa shape index (κ3) is 6.41. The van der Waals surface area contributed by atoms with Gasteiger partial charge in [0.2, 0.25) is 0 Å². The number of methoxy groups -OCH3 is 2. The van der Waals surface area contributed by atoms with E-state index in [9.17, 15) is 15.2 Å². The number of urea groups is 1. The molecule has 3 N–H and O–H groups in total. The minimum atomic E-state index is -0.643. The molecule has 3 aromatic rings. The molecule has 9 heteroatoms. The third-order valence-corrected chi connectivity index (χ3v) is 4.70. The van der Waals surface area contributed by atoms with Crippen LogP contribution >= 0.6 is 0 Å². The molecule has 2 amide bonds. The molecule has 0 spiro atoms. The number of benzene rings is 2. The van der Waals surface area contributed by atoms with Crippen molar-refractivity contribution in [3.8, 4) is 28.8 Å². The molecule has 9 nitrogen and oxygen atoms in total. The number of nitrogens with zero attached hydrogens (tertiary/aromatic N) is 3. The number of carbonyl (C=O) groups is 1. The van der Waals surface area contributed by atoms with Crippen molar-refractivity contribution < 1.29 is 19.4 Å². The van der Waals surface area contributed by atoms with E-state index in [4.69, 9.17) is 9.47 Å². The summed E-state index contributed by atoms with van der Waals surface area (Å²) < 4.78 is 10.6. The SMILES string of the molecule is COc1cc(Cc2nccc(-c3ccc(OC)c(C#N)c3)n2)cc(NC(=O)NC[C@@H](C)O)c1. The van der Waals surface area contributed by atoms with E-state index in [0.29, 0.717) is 40.7 Å². The minimum absolute atomic E-state index is 0.141. The fraction of sp³-hybridized carbons (Fsp3) is 0.250. The van der Waals surface area contributed by atoms with E-state index in [2.05, 4.69) is 26.7 Å². The van der Waals surface area contributed by atoms with Crippen LogP contribution in [0.25, 0.3) is 11.3 Å². The zero-order valence-corrected chi connectivity index (χ0v) is 18.6. The Morgan fingerprint density at radius 3 is 2.70 bits per heavy atom. The first kappa shape index (κ1) is 23.5. The van der Waals surface area contributed by atoms with Gasteiger partial charge >= 0.3 is 6.03 Å². The number of aromatic nitrogens is 2. The molecule has 33 heavy (non-hydrogen) atoms. The second-order valence-corrected chi connectivity index (χ2v) is 7.32. The van der Waals surface area contributed by atoms with Crippen molar-refractivity contribution in [3.05, 3.63) is 65.6 Å². The summed E-state index contributed by atoms with van der Waals surface area (Å²) in [6.45, 7) is 1.73. The highest BCUT2D eigenvalue weighted by Crippen LogP contribution is 2.26. The Kier molecular flexibility index (Phi) is 7.78. The van der Waals surface area contributed by atoms with Gasteiger partial charge in [0.25, 0.3) is 0 Å². The number of nitriles is 1. The Bertz CT molecular complexity index is 1170. The average molecular weight is 447 g/mol. The van der Waals surface area contributed by atoms with E-state index in [-0.39, 0.29) is 6.54 Å². The van der Waals surface area contributed by atoms with Crippen molar-refractivity contribution in [2.24, 2.45) is 0 Å². The quantitative estimate of drug-likeness (QED) is 0.484. The first-order valence-electron chi connectivity index (χ1n) is 10.2. The van der Waals surface area contributed by atoms with Gasteiger partial charge in [-0.2, -0.15) is 5.26 Å². The standard InChI is InChI=1S/C24H25N5O4/c1-15(30)14-27-24(31)28-19-8-16(9-20(12-19)32-2)10-23-26-7-6-21(29-23)17-4-5-22(33-3)18(11-17)13-25/h4-9,11-12,15,30H,10,14H2,1-3H3,(H2,27,28,31)/t15-/m1/s1. The van der Waals surface area contributed by atoms with E-state index in [0.717, 1.165) is 11.1 Å². The van der Waals surface area contributed by atoms with Crippen molar-refractivity contribution in [3.63, 3.8) is 0 Å². The fourth-order valence-corrected chi connectivity index (χ4v) is 3.15. The number of aliphatic hydroxyl groups is 1. The monoisotopic (exact) mass is 447 g/mol. The Balaban J connectivity index is 1.82. The van der Waals surface area contributed by atoms with Crippen LogP contribution in [0.4, 0.5) is 10.5 Å². The molecule has 0 unspecified atom stereocenters. The first-order valence-corrected chi connectivity index (χ1v) is 10.2. The third-order valence-electron chi connectivity index (χ3n) is 4.70. The highest BCUT2D eigenvalue weighted by molar-refractivity contribution is 5.89. The molecule has 0 saturated heterocycles. The van der Waals surface area contributed by atoms with Crippen molar-refractivity contribution in [1.82, 2.24) is 15.3 Å².